The summed E-state index contributed by atoms with van der Waals surface area (Å²) >= 11 is 0. The summed E-state index contributed by atoms with van der Waals surface area (Å²) < 4.78 is 2.55. The molecule has 3 heteroatoms. The average Bonchev–Trinajstić information content (AvgIpc) is 3.44. The van der Waals surface area contributed by atoms with E-state index in [0.717, 1.165) is 33.9 Å². The van der Waals surface area contributed by atoms with Crippen molar-refractivity contribution in [1.82, 2.24) is 14.5 Å². The maximum atomic E-state index is 5.11. The second-order valence-electron chi connectivity index (χ2n) is 13.0. The first-order valence-electron chi connectivity index (χ1n) is 16.2. The highest BCUT2D eigenvalue weighted by molar-refractivity contribution is 6.15. The Labute approximate surface area is 272 Å². The predicted molar refractivity (Wildman–Crippen MR) is 195 cm³/mol. The summed E-state index contributed by atoms with van der Waals surface area (Å²) in [5.74, 6) is 0.731. The smallest absolute Gasteiger partial charge is 0.160 e. The molecule has 0 fully saturated rings. The number of rotatable bonds is 4. The van der Waals surface area contributed by atoms with Gasteiger partial charge in [0, 0.05) is 33.2 Å². The molecule has 5 aromatic carbocycles. The molecule has 0 atom stereocenters. The van der Waals surface area contributed by atoms with E-state index in [-0.39, 0.29) is 0 Å². The third-order valence-electron chi connectivity index (χ3n) is 10.6. The van der Waals surface area contributed by atoms with Gasteiger partial charge in [0.05, 0.1) is 22.4 Å². The van der Waals surface area contributed by atoms with E-state index in [1.54, 1.807) is 0 Å². The summed E-state index contributed by atoms with van der Waals surface area (Å²) in [4.78, 5) is 10.1. The van der Waals surface area contributed by atoms with Crippen LogP contribution in [0.3, 0.4) is 0 Å². The van der Waals surface area contributed by atoms with Crippen LogP contribution in [0.1, 0.15) is 50.1 Å². The molecule has 0 spiro atoms. The Hall–Kier alpha value is -5.02. The standard InChI is InChI=1S/C43H41N3/c1-24-22-35(37-23-36(33-16-12-10-13-17-33)44-43(45-37)34-18-14-11-15-19-34)20-21-38(24)46-41-31(8)27(4)25(2)29(6)39(41)40-30(7)26(3)28(5)32(9)42(40)46/h10-23H,1-9H3. The van der Waals surface area contributed by atoms with Gasteiger partial charge >= 0.3 is 0 Å². The van der Waals surface area contributed by atoms with Crippen molar-refractivity contribution in [3.63, 3.8) is 0 Å². The van der Waals surface area contributed by atoms with Gasteiger partial charge in [-0.15, -0.1) is 0 Å². The molecule has 0 amide bonds. The van der Waals surface area contributed by atoms with Crippen molar-refractivity contribution in [3.8, 4) is 39.6 Å². The lowest BCUT2D eigenvalue weighted by atomic mass is 9.90. The van der Waals surface area contributed by atoms with Crippen LogP contribution in [-0.4, -0.2) is 14.5 Å². The van der Waals surface area contributed by atoms with E-state index in [1.165, 1.54) is 77.6 Å². The molecular weight excluding hydrogens is 558 g/mol. The highest BCUT2D eigenvalue weighted by Crippen LogP contribution is 2.44. The van der Waals surface area contributed by atoms with Crippen LogP contribution in [0.4, 0.5) is 0 Å². The molecule has 0 aliphatic rings. The third kappa shape index (κ3) is 4.48. The molecule has 7 rings (SSSR count). The largest absolute Gasteiger partial charge is 0.308 e. The second kappa shape index (κ2) is 11.1. The predicted octanol–water partition coefficient (Wildman–Crippen LogP) is 11.4. The van der Waals surface area contributed by atoms with Gasteiger partial charge in [0.15, 0.2) is 5.82 Å². The molecule has 228 valence electrons. The van der Waals surface area contributed by atoms with Crippen molar-refractivity contribution in [1.29, 1.82) is 0 Å². The van der Waals surface area contributed by atoms with Crippen molar-refractivity contribution >= 4 is 21.8 Å². The number of hydrogen-bond donors (Lipinski definition) is 0. The van der Waals surface area contributed by atoms with Gasteiger partial charge in [-0.2, -0.15) is 0 Å². The Morgan fingerprint density at radius 1 is 0.413 bits per heavy atom. The van der Waals surface area contributed by atoms with Crippen LogP contribution >= 0.6 is 0 Å². The van der Waals surface area contributed by atoms with Crippen molar-refractivity contribution in [3.05, 3.63) is 135 Å². The monoisotopic (exact) mass is 599 g/mol. The molecule has 0 unspecified atom stereocenters. The number of hydrogen-bond acceptors (Lipinski definition) is 2. The van der Waals surface area contributed by atoms with Crippen molar-refractivity contribution < 1.29 is 0 Å². The first kappa shape index (κ1) is 29.7. The van der Waals surface area contributed by atoms with Crippen LogP contribution in [0.2, 0.25) is 0 Å². The molecule has 2 aromatic heterocycles. The number of fused-ring (bicyclic) bond motifs is 3. The van der Waals surface area contributed by atoms with Crippen LogP contribution in [0, 0.1) is 62.3 Å². The third-order valence-corrected chi connectivity index (χ3v) is 10.6. The van der Waals surface area contributed by atoms with Crippen LogP contribution in [0.15, 0.2) is 84.9 Å². The fourth-order valence-corrected chi connectivity index (χ4v) is 7.24. The Balaban J connectivity index is 1.50. The molecule has 0 saturated heterocycles. The minimum atomic E-state index is 0.731. The van der Waals surface area contributed by atoms with E-state index in [1.807, 2.05) is 24.3 Å². The van der Waals surface area contributed by atoms with Gasteiger partial charge in [0.2, 0.25) is 0 Å². The van der Waals surface area contributed by atoms with Crippen LogP contribution in [0.25, 0.3) is 61.4 Å². The molecule has 46 heavy (non-hydrogen) atoms. The van der Waals surface area contributed by atoms with Crippen molar-refractivity contribution in [2.45, 2.75) is 62.3 Å². The highest BCUT2D eigenvalue weighted by atomic mass is 15.0. The summed E-state index contributed by atoms with van der Waals surface area (Å²) in [6.45, 7) is 20.5. The van der Waals surface area contributed by atoms with E-state index < -0.39 is 0 Å². The van der Waals surface area contributed by atoms with Crippen LogP contribution in [0.5, 0.6) is 0 Å². The molecule has 0 radical (unpaired) electrons. The first-order valence-corrected chi connectivity index (χ1v) is 16.2. The van der Waals surface area contributed by atoms with E-state index in [9.17, 15) is 0 Å². The highest BCUT2D eigenvalue weighted by Gasteiger charge is 2.24. The summed E-state index contributed by atoms with van der Waals surface area (Å²) in [7, 11) is 0. The Kier molecular flexibility index (Phi) is 7.16. The quantitative estimate of drug-likeness (QED) is 0.201. The van der Waals surface area contributed by atoms with Gasteiger partial charge in [-0.1, -0.05) is 66.7 Å². The molecule has 7 aromatic rings. The van der Waals surface area contributed by atoms with Gasteiger partial charge in [-0.3, -0.25) is 0 Å². The lowest BCUT2D eigenvalue weighted by Crippen LogP contribution is -2.03. The zero-order chi connectivity index (χ0) is 32.4. The molecule has 0 aliphatic carbocycles. The average molecular weight is 600 g/mol. The Bertz CT molecular complexity index is 2190. The van der Waals surface area contributed by atoms with E-state index in [4.69, 9.17) is 9.97 Å². The molecule has 0 saturated carbocycles. The Morgan fingerprint density at radius 3 is 1.37 bits per heavy atom. The molecule has 0 N–H and O–H groups in total. The molecule has 3 nitrogen and oxygen atoms in total. The number of aryl methyl sites for hydroxylation is 5. The van der Waals surface area contributed by atoms with Crippen LogP contribution in [-0.2, 0) is 0 Å². The minimum Gasteiger partial charge on any atom is -0.308 e. The van der Waals surface area contributed by atoms with Gasteiger partial charge in [-0.05, 0) is 131 Å². The fourth-order valence-electron chi connectivity index (χ4n) is 7.24. The second-order valence-corrected chi connectivity index (χ2v) is 13.0. The SMILES string of the molecule is Cc1cc(-c2cc(-c3ccccc3)nc(-c3ccccc3)n2)ccc1-n1c2c(C)c(C)c(C)c(C)c2c2c(C)c(C)c(C)c(C)c21. The number of nitrogens with zero attached hydrogens (tertiary/aromatic N) is 3. The van der Waals surface area contributed by atoms with E-state index in [0.29, 0.717) is 0 Å². The van der Waals surface area contributed by atoms with Crippen molar-refractivity contribution in [2.75, 3.05) is 0 Å². The van der Waals surface area contributed by atoms with Gasteiger partial charge in [0.25, 0.3) is 0 Å². The van der Waals surface area contributed by atoms with Gasteiger partial charge in [-0.25, -0.2) is 9.97 Å². The lowest BCUT2D eigenvalue weighted by Gasteiger charge is -2.18. The van der Waals surface area contributed by atoms with Gasteiger partial charge < -0.3 is 4.57 Å². The number of benzene rings is 5. The maximum Gasteiger partial charge on any atom is 0.160 e. The van der Waals surface area contributed by atoms with Crippen molar-refractivity contribution in [2.24, 2.45) is 0 Å². The zero-order valence-electron chi connectivity index (χ0n) is 28.4. The molecule has 2 heterocycles. The van der Waals surface area contributed by atoms with E-state index >= 15 is 0 Å². The summed E-state index contributed by atoms with van der Waals surface area (Å²) in [6, 6.07) is 29.6. The van der Waals surface area contributed by atoms with E-state index in [2.05, 4.69) is 128 Å². The summed E-state index contributed by atoms with van der Waals surface area (Å²) in [5, 5.41) is 2.78. The molecule has 0 aliphatic heterocycles. The Morgan fingerprint density at radius 2 is 0.870 bits per heavy atom. The maximum absolute atomic E-state index is 5.11. The number of aromatic nitrogens is 3. The molecule has 0 bridgehead atoms. The molecular formula is C43H41N3. The zero-order valence-corrected chi connectivity index (χ0v) is 28.4. The summed E-state index contributed by atoms with van der Waals surface area (Å²) in [5.41, 5.74) is 21.0. The van der Waals surface area contributed by atoms with Gasteiger partial charge in [0.1, 0.15) is 0 Å². The lowest BCUT2D eigenvalue weighted by molar-refractivity contribution is 1.11. The summed E-state index contributed by atoms with van der Waals surface area (Å²) in [6.07, 6.45) is 0. The van der Waals surface area contributed by atoms with Crippen LogP contribution < -0.4 is 0 Å². The fraction of sp³-hybridized carbons (Fsp3) is 0.209. The topological polar surface area (TPSA) is 30.7 Å². The normalized spacial score (nSPS) is 11.6. The minimum absolute atomic E-state index is 0.731. The first-order chi connectivity index (χ1) is 22.1.